The third-order valence-corrected chi connectivity index (χ3v) is 3.18. The van der Waals surface area contributed by atoms with Gasteiger partial charge in [0.2, 0.25) is 0 Å². The first-order valence-corrected chi connectivity index (χ1v) is 6.27. The molecule has 0 aliphatic carbocycles. The van der Waals surface area contributed by atoms with Gasteiger partial charge in [-0.25, -0.2) is 0 Å². The molecule has 1 aromatic rings. The van der Waals surface area contributed by atoms with Gasteiger partial charge in [-0.05, 0) is 42.7 Å². The molecule has 0 radical (unpaired) electrons. The Morgan fingerprint density at radius 3 is 2.78 bits per heavy atom. The summed E-state index contributed by atoms with van der Waals surface area (Å²) in [5.74, 6) is 0.866. The summed E-state index contributed by atoms with van der Waals surface area (Å²) >= 11 is 0. The fourth-order valence-corrected chi connectivity index (χ4v) is 2.17. The van der Waals surface area contributed by atoms with Crippen molar-refractivity contribution < 1.29 is 9.47 Å². The van der Waals surface area contributed by atoms with Gasteiger partial charge < -0.3 is 9.47 Å². The Bertz CT molecular complexity index is 389. The third-order valence-electron chi connectivity index (χ3n) is 3.18. The molecule has 0 amide bonds. The van der Waals surface area contributed by atoms with Crippen LogP contribution < -0.4 is 4.74 Å². The van der Waals surface area contributed by atoms with E-state index in [0.29, 0.717) is 6.04 Å². The molecule has 0 bridgehead atoms. The van der Waals surface area contributed by atoms with Gasteiger partial charge in [0.25, 0.3) is 0 Å². The van der Waals surface area contributed by atoms with Crippen molar-refractivity contribution in [3.63, 3.8) is 0 Å². The van der Waals surface area contributed by atoms with E-state index in [4.69, 9.17) is 9.47 Å². The van der Waals surface area contributed by atoms with Crippen molar-refractivity contribution >= 4 is 6.21 Å². The van der Waals surface area contributed by atoms with Gasteiger partial charge in [0.1, 0.15) is 5.75 Å². The number of ether oxygens (including phenoxy) is 2. The number of hydrazone groups is 1. The van der Waals surface area contributed by atoms with Gasteiger partial charge >= 0.3 is 0 Å². The van der Waals surface area contributed by atoms with Gasteiger partial charge in [-0.3, -0.25) is 5.01 Å². The maximum Gasteiger partial charge on any atom is 0.118 e. The van der Waals surface area contributed by atoms with E-state index in [2.05, 4.69) is 10.1 Å². The highest BCUT2D eigenvalue weighted by Crippen LogP contribution is 2.17. The number of hydrogen-bond acceptors (Lipinski definition) is 4. The first-order chi connectivity index (χ1) is 8.83. The van der Waals surface area contributed by atoms with Gasteiger partial charge in [-0.1, -0.05) is 0 Å². The fraction of sp³-hybridized carbons (Fsp3) is 0.500. The summed E-state index contributed by atoms with van der Waals surface area (Å²) in [4.78, 5) is 0. The molecule has 98 valence electrons. The summed E-state index contributed by atoms with van der Waals surface area (Å²) in [6, 6.07) is 8.31. The number of hydrogen-bond donors (Lipinski definition) is 0. The lowest BCUT2D eigenvalue weighted by atomic mass is 10.2. The summed E-state index contributed by atoms with van der Waals surface area (Å²) in [5, 5.41) is 6.66. The normalized spacial score (nSPS) is 19.7. The minimum Gasteiger partial charge on any atom is -0.497 e. The SMILES string of the molecule is COC[C@H]1CCCN1/N=C/c1ccc(OC)cc1. The minimum absolute atomic E-state index is 0.421. The molecule has 1 aliphatic heterocycles. The topological polar surface area (TPSA) is 34.1 Å². The molecule has 2 rings (SSSR count). The van der Waals surface area contributed by atoms with E-state index in [1.54, 1.807) is 14.2 Å². The van der Waals surface area contributed by atoms with E-state index in [0.717, 1.165) is 30.9 Å². The fourth-order valence-electron chi connectivity index (χ4n) is 2.17. The summed E-state index contributed by atoms with van der Waals surface area (Å²) in [7, 11) is 3.41. The Balaban J connectivity index is 1.96. The summed E-state index contributed by atoms with van der Waals surface area (Å²) in [6.07, 6.45) is 4.25. The second-order valence-electron chi connectivity index (χ2n) is 4.43. The van der Waals surface area contributed by atoms with Gasteiger partial charge in [0.05, 0.1) is 26.0 Å². The number of rotatable bonds is 5. The van der Waals surface area contributed by atoms with Crippen LogP contribution in [0.25, 0.3) is 0 Å². The largest absolute Gasteiger partial charge is 0.497 e. The molecule has 18 heavy (non-hydrogen) atoms. The molecular formula is C14H20N2O2. The number of methoxy groups -OCH3 is 2. The van der Waals surface area contributed by atoms with Crippen LogP contribution in [0.2, 0.25) is 0 Å². The van der Waals surface area contributed by atoms with Crippen LogP contribution in [-0.2, 0) is 4.74 Å². The highest BCUT2D eigenvalue weighted by atomic mass is 16.5. The van der Waals surface area contributed by atoms with Crippen LogP contribution >= 0.6 is 0 Å². The van der Waals surface area contributed by atoms with Crippen LogP contribution in [0.5, 0.6) is 5.75 Å². The predicted octanol–water partition coefficient (Wildman–Crippen LogP) is 2.14. The minimum atomic E-state index is 0.421. The zero-order chi connectivity index (χ0) is 12.8. The standard InChI is InChI=1S/C14H20N2O2/c1-17-11-13-4-3-9-16(13)15-10-12-5-7-14(18-2)8-6-12/h5-8,10,13H,3-4,9,11H2,1-2H3/b15-10+/t13-/m1/s1. The average Bonchev–Trinajstić information content (AvgIpc) is 2.85. The Morgan fingerprint density at radius 1 is 1.33 bits per heavy atom. The first-order valence-electron chi connectivity index (χ1n) is 6.27. The zero-order valence-corrected chi connectivity index (χ0v) is 11.0. The highest BCUT2D eigenvalue weighted by molar-refractivity contribution is 5.79. The number of benzene rings is 1. The lowest BCUT2D eigenvalue weighted by molar-refractivity contribution is 0.118. The maximum absolute atomic E-state index is 5.21. The van der Waals surface area contributed by atoms with Gasteiger partial charge in [0, 0.05) is 13.7 Å². The van der Waals surface area contributed by atoms with Gasteiger partial charge in [-0.15, -0.1) is 0 Å². The molecule has 4 nitrogen and oxygen atoms in total. The average molecular weight is 248 g/mol. The Morgan fingerprint density at radius 2 is 2.11 bits per heavy atom. The van der Waals surface area contributed by atoms with E-state index in [9.17, 15) is 0 Å². The molecule has 1 heterocycles. The summed E-state index contributed by atoms with van der Waals surface area (Å²) < 4.78 is 10.3. The lowest BCUT2D eigenvalue weighted by Crippen LogP contribution is -2.28. The van der Waals surface area contributed by atoms with E-state index >= 15 is 0 Å². The van der Waals surface area contributed by atoms with Crippen molar-refractivity contribution in [2.24, 2.45) is 5.10 Å². The van der Waals surface area contributed by atoms with Gasteiger partial charge in [0.15, 0.2) is 0 Å². The predicted molar refractivity (Wildman–Crippen MR) is 72.2 cm³/mol. The monoisotopic (exact) mass is 248 g/mol. The first kappa shape index (κ1) is 12.9. The van der Waals surface area contributed by atoms with Crippen molar-refractivity contribution in [3.05, 3.63) is 29.8 Å². The molecule has 1 fully saturated rings. The molecule has 0 spiro atoms. The molecule has 1 saturated heterocycles. The summed E-state index contributed by atoms with van der Waals surface area (Å²) in [5.41, 5.74) is 1.08. The lowest BCUT2D eigenvalue weighted by Gasteiger charge is -2.20. The zero-order valence-electron chi connectivity index (χ0n) is 11.0. The smallest absolute Gasteiger partial charge is 0.118 e. The van der Waals surface area contributed by atoms with E-state index in [1.165, 1.54) is 6.42 Å². The van der Waals surface area contributed by atoms with Crippen molar-refractivity contribution in [2.45, 2.75) is 18.9 Å². The van der Waals surface area contributed by atoms with Crippen LogP contribution in [0.4, 0.5) is 0 Å². The molecule has 0 unspecified atom stereocenters. The van der Waals surface area contributed by atoms with Crippen molar-refractivity contribution in [1.82, 2.24) is 5.01 Å². The summed E-state index contributed by atoms with van der Waals surface area (Å²) in [6.45, 7) is 1.76. The van der Waals surface area contributed by atoms with Crippen LogP contribution in [-0.4, -0.2) is 44.6 Å². The molecule has 1 atom stereocenters. The van der Waals surface area contributed by atoms with Crippen molar-refractivity contribution in [2.75, 3.05) is 27.4 Å². The molecule has 1 aliphatic rings. The quantitative estimate of drug-likeness (QED) is 0.749. The molecule has 0 saturated carbocycles. The molecular weight excluding hydrogens is 228 g/mol. The second-order valence-corrected chi connectivity index (χ2v) is 4.43. The third kappa shape index (κ3) is 3.23. The second kappa shape index (κ2) is 6.40. The molecule has 4 heteroatoms. The number of nitrogens with zero attached hydrogens (tertiary/aromatic N) is 2. The Kier molecular flexibility index (Phi) is 4.59. The van der Waals surface area contributed by atoms with E-state index in [1.807, 2.05) is 30.5 Å². The van der Waals surface area contributed by atoms with E-state index < -0.39 is 0 Å². The van der Waals surface area contributed by atoms with Crippen LogP contribution in [0.1, 0.15) is 18.4 Å². The maximum atomic E-state index is 5.21. The van der Waals surface area contributed by atoms with Gasteiger partial charge in [-0.2, -0.15) is 5.10 Å². The Labute approximate surface area is 108 Å². The van der Waals surface area contributed by atoms with Crippen LogP contribution in [0.15, 0.2) is 29.4 Å². The van der Waals surface area contributed by atoms with Crippen molar-refractivity contribution in [1.29, 1.82) is 0 Å². The van der Waals surface area contributed by atoms with Crippen LogP contribution in [0.3, 0.4) is 0 Å². The molecule has 0 N–H and O–H groups in total. The van der Waals surface area contributed by atoms with E-state index in [-0.39, 0.29) is 0 Å². The highest BCUT2D eigenvalue weighted by Gasteiger charge is 2.22. The Hall–Kier alpha value is -1.55. The van der Waals surface area contributed by atoms with Crippen LogP contribution in [0, 0.1) is 0 Å². The molecule has 0 aromatic heterocycles. The molecule has 1 aromatic carbocycles. The van der Waals surface area contributed by atoms with Crippen molar-refractivity contribution in [3.8, 4) is 5.75 Å².